The Morgan fingerprint density at radius 1 is 1.20 bits per heavy atom. The molecule has 1 N–H and O–H groups in total. The number of thioether (sulfide) groups is 1. The second kappa shape index (κ2) is 8.52. The molecule has 2 heterocycles. The quantitative estimate of drug-likeness (QED) is 0.648. The zero-order chi connectivity index (χ0) is 17.6. The van der Waals surface area contributed by atoms with Gasteiger partial charge in [-0.1, -0.05) is 36.7 Å². The van der Waals surface area contributed by atoms with Gasteiger partial charge in [0.2, 0.25) is 5.91 Å². The first-order chi connectivity index (χ1) is 12.2. The highest BCUT2D eigenvalue weighted by molar-refractivity contribution is 8.00. The monoisotopic (exact) mass is 358 g/mol. The van der Waals surface area contributed by atoms with Gasteiger partial charge >= 0.3 is 0 Å². The van der Waals surface area contributed by atoms with E-state index in [1.165, 1.54) is 24.6 Å². The summed E-state index contributed by atoms with van der Waals surface area (Å²) < 4.78 is 0. The van der Waals surface area contributed by atoms with E-state index in [9.17, 15) is 4.79 Å². The number of likely N-dealkylation sites (tertiary alicyclic amines) is 1. The van der Waals surface area contributed by atoms with Crippen molar-refractivity contribution in [2.24, 2.45) is 0 Å². The second-order valence-corrected chi connectivity index (χ2v) is 7.71. The molecule has 0 saturated carbocycles. The molecule has 1 fully saturated rings. The highest BCUT2D eigenvalue weighted by Gasteiger charge is 2.23. The van der Waals surface area contributed by atoms with Crippen molar-refractivity contribution >= 4 is 34.4 Å². The molecule has 134 valence electrons. The van der Waals surface area contributed by atoms with E-state index >= 15 is 0 Å². The Bertz CT molecular complexity index is 728. The molecule has 1 aliphatic heterocycles. The van der Waals surface area contributed by atoms with Crippen LogP contribution in [0.5, 0.6) is 0 Å². The molecule has 1 atom stereocenters. The maximum atomic E-state index is 12.8. The number of hydrogen-bond acceptors (Lipinski definition) is 5. The van der Waals surface area contributed by atoms with Crippen LogP contribution in [-0.2, 0) is 4.79 Å². The Hall–Kier alpha value is -1.82. The van der Waals surface area contributed by atoms with Gasteiger partial charge in [0.05, 0.1) is 10.8 Å². The van der Waals surface area contributed by atoms with E-state index in [0.29, 0.717) is 5.16 Å². The van der Waals surface area contributed by atoms with Gasteiger partial charge in [0.25, 0.3) is 0 Å². The van der Waals surface area contributed by atoms with Gasteiger partial charge in [-0.05, 0) is 38.8 Å². The molecule has 6 heteroatoms. The zero-order valence-electron chi connectivity index (χ0n) is 15.0. The summed E-state index contributed by atoms with van der Waals surface area (Å²) in [4.78, 5) is 24.1. The lowest BCUT2D eigenvalue weighted by Crippen LogP contribution is -2.37. The van der Waals surface area contributed by atoms with Gasteiger partial charge in [-0.25, -0.2) is 9.97 Å². The van der Waals surface area contributed by atoms with E-state index in [-0.39, 0.29) is 11.2 Å². The van der Waals surface area contributed by atoms with Crippen LogP contribution in [0.1, 0.15) is 39.5 Å². The smallest absolute Gasteiger partial charge is 0.235 e. The lowest BCUT2D eigenvalue weighted by molar-refractivity contribution is -0.130. The molecule has 3 rings (SSSR count). The number of carbonyl (C=O) groups is 1. The van der Waals surface area contributed by atoms with Crippen molar-refractivity contribution in [3.8, 4) is 0 Å². The number of aromatic nitrogens is 2. The molecule has 1 aromatic heterocycles. The van der Waals surface area contributed by atoms with Gasteiger partial charge < -0.3 is 10.2 Å². The van der Waals surface area contributed by atoms with Gasteiger partial charge in [-0.15, -0.1) is 0 Å². The number of rotatable bonds is 5. The minimum Gasteiger partial charge on any atom is -0.370 e. The SMILES string of the molecule is CCNc1nc(S[C@@H](C)C(=O)N2CCCCCC2)nc2ccccc12. The summed E-state index contributed by atoms with van der Waals surface area (Å²) in [6, 6.07) is 7.98. The van der Waals surface area contributed by atoms with Crippen LogP contribution < -0.4 is 5.32 Å². The van der Waals surface area contributed by atoms with Gasteiger partial charge in [-0.2, -0.15) is 0 Å². The Labute approximate surface area is 153 Å². The molecule has 1 saturated heterocycles. The average Bonchev–Trinajstić information content (AvgIpc) is 2.90. The van der Waals surface area contributed by atoms with E-state index in [0.717, 1.165) is 49.2 Å². The minimum atomic E-state index is -0.172. The van der Waals surface area contributed by atoms with Crippen molar-refractivity contribution in [3.05, 3.63) is 24.3 Å². The summed E-state index contributed by atoms with van der Waals surface area (Å²) in [5.41, 5.74) is 0.908. The molecule has 0 radical (unpaired) electrons. The summed E-state index contributed by atoms with van der Waals surface area (Å²) in [6.07, 6.45) is 4.68. The van der Waals surface area contributed by atoms with Crippen LogP contribution in [0.3, 0.4) is 0 Å². The Morgan fingerprint density at radius 2 is 1.92 bits per heavy atom. The lowest BCUT2D eigenvalue weighted by atomic mass is 10.2. The number of amides is 1. The van der Waals surface area contributed by atoms with Crippen molar-refractivity contribution in [2.45, 2.75) is 49.9 Å². The van der Waals surface area contributed by atoms with Gasteiger partial charge in [0.1, 0.15) is 5.82 Å². The summed E-state index contributed by atoms with van der Waals surface area (Å²) in [5, 5.41) is 4.80. The average molecular weight is 359 g/mol. The number of nitrogens with one attached hydrogen (secondary N) is 1. The minimum absolute atomic E-state index is 0.172. The third kappa shape index (κ3) is 4.42. The van der Waals surface area contributed by atoms with E-state index in [4.69, 9.17) is 0 Å². The third-order valence-corrected chi connectivity index (χ3v) is 5.42. The van der Waals surface area contributed by atoms with E-state index < -0.39 is 0 Å². The fraction of sp³-hybridized carbons (Fsp3) is 0.526. The molecule has 25 heavy (non-hydrogen) atoms. The molecular formula is C19H26N4OS. The number of anilines is 1. The number of para-hydroxylation sites is 1. The highest BCUT2D eigenvalue weighted by atomic mass is 32.2. The third-order valence-electron chi connectivity index (χ3n) is 4.47. The summed E-state index contributed by atoms with van der Waals surface area (Å²) in [7, 11) is 0. The summed E-state index contributed by atoms with van der Waals surface area (Å²) in [5.74, 6) is 1.04. The van der Waals surface area contributed by atoms with Gasteiger partial charge in [0, 0.05) is 25.0 Å². The van der Waals surface area contributed by atoms with Crippen LogP contribution in [0.25, 0.3) is 10.9 Å². The molecule has 1 aliphatic rings. The van der Waals surface area contributed by atoms with Crippen molar-refractivity contribution in [2.75, 3.05) is 25.0 Å². The molecule has 0 bridgehead atoms. The van der Waals surface area contributed by atoms with Crippen LogP contribution >= 0.6 is 11.8 Å². The first kappa shape index (κ1) is 18.0. The lowest BCUT2D eigenvalue weighted by Gasteiger charge is -2.23. The highest BCUT2D eigenvalue weighted by Crippen LogP contribution is 2.27. The summed E-state index contributed by atoms with van der Waals surface area (Å²) >= 11 is 1.45. The Kier molecular flexibility index (Phi) is 6.13. The Balaban J connectivity index is 1.78. The molecular weight excluding hydrogens is 332 g/mol. The van der Waals surface area contributed by atoms with Crippen LogP contribution in [0, 0.1) is 0 Å². The molecule has 1 aromatic carbocycles. The van der Waals surface area contributed by atoms with Crippen LogP contribution in [0.15, 0.2) is 29.4 Å². The standard InChI is InChI=1S/C19H26N4OS/c1-3-20-17-15-10-6-7-11-16(15)21-19(22-17)25-14(2)18(24)23-12-8-4-5-9-13-23/h6-7,10-11,14H,3-5,8-9,12-13H2,1-2H3,(H,20,21,22)/t14-/m0/s1. The van der Waals surface area contributed by atoms with Gasteiger partial charge in [0.15, 0.2) is 5.16 Å². The molecule has 1 amide bonds. The molecule has 2 aromatic rings. The van der Waals surface area contributed by atoms with Crippen molar-refractivity contribution in [1.82, 2.24) is 14.9 Å². The van der Waals surface area contributed by atoms with E-state index in [1.807, 2.05) is 36.1 Å². The molecule has 0 aliphatic carbocycles. The molecule has 0 unspecified atom stereocenters. The Morgan fingerprint density at radius 3 is 2.64 bits per heavy atom. The fourth-order valence-electron chi connectivity index (χ4n) is 3.17. The zero-order valence-corrected chi connectivity index (χ0v) is 15.8. The number of nitrogens with zero attached hydrogens (tertiary/aromatic N) is 3. The topological polar surface area (TPSA) is 58.1 Å². The van der Waals surface area contributed by atoms with Crippen LogP contribution in [0.2, 0.25) is 0 Å². The number of fused-ring (bicyclic) bond motifs is 1. The number of carbonyl (C=O) groups excluding carboxylic acids is 1. The molecule has 0 spiro atoms. The van der Waals surface area contributed by atoms with Crippen molar-refractivity contribution in [1.29, 1.82) is 0 Å². The number of hydrogen-bond donors (Lipinski definition) is 1. The largest absolute Gasteiger partial charge is 0.370 e. The maximum Gasteiger partial charge on any atom is 0.235 e. The second-order valence-electron chi connectivity index (χ2n) is 6.40. The van der Waals surface area contributed by atoms with Crippen molar-refractivity contribution in [3.63, 3.8) is 0 Å². The van der Waals surface area contributed by atoms with Crippen LogP contribution in [0.4, 0.5) is 5.82 Å². The maximum absolute atomic E-state index is 12.8. The first-order valence-corrected chi connectivity index (χ1v) is 10.0. The van der Waals surface area contributed by atoms with E-state index in [2.05, 4.69) is 22.2 Å². The number of benzene rings is 1. The van der Waals surface area contributed by atoms with E-state index in [1.54, 1.807) is 0 Å². The first-order valence-electron chi connectivity index (χ1n) is 9.15. The van der Waals surface area contributed by atoms with Crippen LogP contribution in [-0.4, -0.2) is 45.7 Å². The predicted octanol–water partition coefficient (Wildman–Crippen LogP) is 3.94. The fourth-order valence-corrected chi connectivity index (χ4v) is 4.03. The normalized spacial score (nSPS) is 16.5. The van der Waals surface area contributed by atoms with Crippen molar-refractivity contribution < 1.29 is 4.79 Å². The molecule has 5 nitrogen and oxygen atoms in total. The van der Waals surface area contributed by atoms with Gasteiger partial charge in [-0.3, -0.25) is 4.79 Å². The predicted molar refractivity (Wildman–Crippen MR) is 104 cm³/mol. The summed E-state index contributed by atoms with van der Waals surface area (Å²) in [6.45, 7) is 6.57.